The van der Waals surface area contributed by atoms with Gasteiger partial charge in [0.15, 0.2) is 16.8 Å². The van der Waals surface area contributed by atoms with Crippen LogP contribution in [0.4, 0.5) is 24.1 Å². The number of alkyl halides is 2. The molecular formula is C16H17F3N4S. The molecular weight excluding hydrogens is 337 g/mol. The molecule has 0 aromatic carbocycles. The summed E-state index contributed by atoms with van der Waals surface area (Å²) in [6, 6.07) is 2.82. The second-order valence-electron chi connectivity index (χ2n) is 6.45. The van der Waals surface area contributed by atoms with Crippen molar-refractivity contribution in [3.8, 4) is 0 Å². The largest absolute Gasteiger partial charge is 0.353 e. The van der Waals surface area contributed by atoms with E-state index in [0.29, 0.717) is 19.5 Å². The Morgan fingerprint density at radius 3 is 2.58 bits per heavy atom. The lowest BCUT2D eigenvalue weighted by molar-refractivity contribution is -0.124. The average molecular weight is 354 g/mol. The van der Waals surface area contributed by atoms with Crippen molar-refractivity contribution in [2.24, 2.45) is 5.41 Å². The van der Waals surface area contributed by atoms with Gasteiger partial charge >= 0.3 is 0 Å². The maximum absolute atomic E-state index is 14.8. The standard InChI is InChI=1S/C16H17F3N4S/c17-12-2-1-5-20-13(12)22-7-3-15(10-22)11-23(8-4-16(15,18)19)14-21-6-9-24-14/h1-2,5-6,9H,3-4,7-8,10-11H2/t15-/m1/s1. The van der Waals surface area contributed by atoms with Crippen LogP contribution < -0.4 is 9.80 Å². The van der Waals surface area contributed by atoms with Crippen molar-refractivity contribution in [1.29, 1.82) is 0 Å². The van der Waals surface area contributed by atoms with E-state index in [4.69, 9.17) is 0 Å². The Morgan fingerprint density at radius 1 is 1.04 bits per heavy atom. The fourth-order valence-corrected chi connectivity index (χ4v) is 4.40. The van der Waals surface area contributed by atoms with Gasteiger partial charge in [0.25, 0.3) is 5.92 Å². The molecule has 2 aliphatic heterocycles. The number of hydrogen-bond acceptors (Lipinski definition) is 5. The highest BCUT2D eigenvalue weighted by Crippen LogP contribution is 2.50. The second kappa shape index (κ2) is 5.61. The highest BCUT2D eigenvalue weighted by Gasteiger charge is 2.60. The van der Waals surface area contributed by atoms with Crippen LogP contribution in [0.3, 0.4) is 0 Å². The number of halogens is 3. The number of piperidine rings is 1. The minimum atomic E-state index is -2.78. The van der Waals surface area contributed by atoms with Crippen LogP contribution >= 0.6 is 11.3 Å². The van der Waals surface area contributed by atoms with Crippen molar-refractivity contribution in [3.05, 3.63) is 35.7 Å². The molecule has 0 N–H and O–H groups in total. The first-order valence-electron chi connectivity index (χ1n) is 7.89. The minimum Gasteiger partial charge on any atom is -0.353 e. The van der Waals surface area contributed by atoms with Crippen LogP contribution in [0.5, 0.6) is 0 Å². The molecule has 2 aliphatic rings. The van der Waals surface area contributed by atoms with Gasteiger partial charge in [-0.3, -0.25) is 0 Å². The fraction of sp³-hybridized carbons (Fsp3) is 0.500. The molecule has 0 aliphatic carbocycles. The van der Waals surface area contributed by atoms with Crippen LogP contribution in [0, 0.1) is 11.2 Å². The summed E-state index contributed by atoms with van der Waals surface area (Å²) in [5.74, 6) is -3.08. The molecule has 2 saturated heterocycles. The van der Waals surface area contributed by atoms with E-state index in [1.165, 1.54) is 29.7 Å². The van der Waals surface area contributed by atoms with Gasteiger partial charge in [0.05, 0.1) is 5.41 Å². The molecule has 2 fully saturated rings. The molecule has 0 radical (unpaired) electrons. The van der Waals surface area contributed by atoms with Gasteiger partial charge in [0.2, 0.25) is 0 Å². The van der Waals surface area contributed by atoms with E-state index in [2.05, 4.69) is 9.97 Å². The van der Waals surface area contributed by atoms with E-state index >= 15 is 0 Å². The Hall–Kier alpha value is -1.83. The maximum atomic E-state index is 14.8. The van der Waals surface area contributed by atoms with Gasteiger partial charge in [-0.25, -0.2) is 23.1 Å². The molecule has 8 heteroatoms. The van der Waals surface area contributed by atoms with Crippen LogP contribution in [0.25, 0.3) is 0 Å². The quantitative estimate of drug-likeness (QED) is 0.827. The summed E-state index contributed by atoms with van der Waals surface area (Å²) in [4.78, 5) is 11.9. The molecule has 4 rings (SSSR count). The van der Waals surface area contributed by atoms with Gasteiger partial charge in [0, 0.05) is 50.4 Å². The molecule has 0 saturated carbocycles. The van der Waals surface area contributed by atoms with Crippen molar-refractivity contribution in [2.75, 3.05) is 36.0 Å². The number of nitrogens with zero attached hydrogens (tertiary/aromatic N) is 4. The predicted molar refractivity (Wildman–Crippen MR) is 87.3 cm³/mol. The van der Waals surface area contributed by atoms with Crippen molar-refractivity contribution in [1.82, 2.24) is 9.97 Å². The zero-order valence-electron chi connectivity index (χ0n) is 13.0. The van der Waals surface area contributed by atoms with Gasteiger partial charge in [-0.05, 0) is 18.6 Å². The average Bonchev–Trinajstić information content (AvgIpc) is 3.22. The number of pyridine rings is 1. The van der Waals surface area contributed by atoms with Crippen molar-refractivity contribution in [3.63, 3.8) is 0 Å². The van der Waals surface area contributed by atoms with E-state index in [0.717, 1.165) is 5.13 Å². The van der Waals surface area contributed by atoms with Crippen LogP contribution in [0.15, 0.2) is 29.9 Å². The molecule has 128 valence electrons. The predicted octanol–water partition coefficient (Wildman–Crippen LogP) is 3.42. The minimum absolute atomic E-state index is 0.107. The lowest BCUT2D eigenvalue weighted by Gasteiger charge is -2.45. The summed E-state index contributed by atoms with van der Waals surface area (Å²) in [6.45, 7) is 1.02. The molecule has 2 aromatic heterocycles. The van der Waals surface area contributed by atoms with E-state index in [9.17, 15) is 13.2 Å². The summed E-state index contributed by atoms with van der Waals surface area (Å²) in [5, 5.41) is 2.62. The number of rotatable bonds is 2. The van der Waals surface area contributed by atoms with Gasteiger partial charge < -0.3 is 9.80 Å². The van der Waals surface area contributed by atoms with E-state index in [1.54, 1.807) is 11.1 Å². The third-order valence-corrected chi connectivity index (χ3v) is 5.88. The molecule has 0 amide bonds. The summed E-state index contributed by atoms with van der Waals surface area (Å²) in [5.41, 5.74) is -1.19. The second-order valence-corrected chi connectivity index (χ2v) is 7.32. The van der Waals surface area contributed by atoms with E-state index in [1.807, 2.05) is 10.3 Å². The highest BCUT2D eigenvalue weighted by molar-refractivity contribution is 7.13. The van der Waals surface area contributed by atoms with Crippen LogP contribution in [0.1, 0.15) is 12.8 Å². The molecule has 0 unspecified atom stereocenters. The summed E-state index contributed by atoms with van der Waals surface area (Å²) < 4.78 is 43.5. The van der Waals surface area contributed by atoms with E-state index < -0.39 is 17.2 Å². The third-order valence-electron chi connectivity index (χ3n) is 5.05. The Balaban J connectivity index is 1.61. The van der Waals surface area contributed by atoms with Crippen LogP contribution in [0.2, 0.25) is 0 Å². The highest BCUT2D eigenvalue weighted by atomic mass is 32.1. The molecule has 4 nitrogen and oxygen atoms in total. The summed E-state index contributed by atoms with van der Waals surface area (Å²) in [7, 11) is 0. The zero-order chi connectivity index (χ0) is 16.8. The van der Waals surface area contributed by atoms with Gasteiger partial charge in [-0.15, -0.1) is 11.3 Å². The molecule has 0 bridgehead atoms. The zero-order valence-corrected chi connectivity index (χ0v) is 13.8. The van der Waals surface area contributed by atoms with E-state index in [-0.39, 0.29) is 25.3 Å². The molecule has 4 heterocycles. The smallest absolute Gasteiger partial charge is 0.258 e. The fourth-order valence-electron chi connectivity index (χ4n) is 3.73. The normalized spacial score (nSPS) is 26.3. The van der Waals surface area contributed by atoms with Crippen LogP contribution in [-0.4, -0.2) is 42.1 Å². The van der Waals surface area contributed by atoms with Gasteiger partial charge in [-0.2, -0.15) is 0 Å². The first-order chi connectivity index (χ1) is 11.5. The third kappa shape index (κ3) is 2.44. The maximum Gasteiger partial charge on any atom is 0.258 e. The van der Waals surface area contributed by atoms with Crippen molar-refractivity contribution in [2.45, 2.75) is 18.8 Å². The summed E-state index contributed by atoms with van der Waals surface area (Å²) in [6.07, 6.45) is 3.29. The first kappa shape index (κ1) is 15.7. The lowest BCUT2D eigenvalue weighted by atomic mass is 9.75. The van der Waals surface area contributed by atoms with Crippen molar-refractivity contribution >= 4 is 22.3 Å². The summed E-state index contributed by atoms with van der Waals surface area (Å²) >= 11 is 1.46. The Morgan fingerprint density at radius 2 is 1.83 bits per heavy atom. The number of hydrogen-bond donors (Lipinski definition) is 0. The first-order valence-corrected chi connectivity index (χ1v) is 8.77. The Kier molecular flexibility index (Phi) is 3.67. The molecule has 1 atom stereocenters. The Labute approximate surface area is 141 Å². The molecule has 24 heavy (non-hydrogen) atoms. The topological polar surface area (TPSA) is 32.3 Å². The van der Waals surface area contributed by atoms with Gasteiger partial charge in [0.1, 0.15) is 0 Å². The molecule has 2 aromatic rings. The monoisotopic (exact) mass is 354 g/mol. The van der Waals surface area contributed by atoms with Crippen LogP contribution in [-0.2, 0) is 0 Å². The number of anilines is 2. The lowest BCUT2D eigenvalue weighted by Crippen LogP contribution is -2.57. The number of aromatic nitrogens is 2. The SMILES string of the molecule is Fc1cccnc1N1CC[C@]2(CN(c3nccs3)CCC2(F)F)C1. The van der Waals surface area contributed by atoms with Crippen molar-refractivity contribution < 1.29 is 13.2 Å². The molecule has 1 spiro atoms. The Bertz CT molecular complexity index is 724. The van der Waals surface area contributed by atoms with Gasteiger partial charge in [-0.1, -0.05) is 0 Å². The number of thiazole rings is 1.